The van der Waals surface area contributed by atoms with Crippen molar-refractivity contribution < 1.29 is 4.79 Å². The van der Waals surface area contributed by atoms with Crippen LogP contribution in [0.2, 0.25) is 0 Å². The number of aromatic amines is 1. The molecule has 1 atom stereocenters. The zero-order chi connectivity index (χ0) is 17.9. The number of aromatic nitrogens is 5. The van der Waals surface area contributed by atoms with E-state index in [1.54, 1.807) is 18.5 Å². The van der Waals surface area contributed by atoms with E-state index in [9.17, 15) is 4.79 Å². The van der Waals surface area contributed by atoms with Gasteiger partial charge in [-0.05, 0) is 43.5 Å². The predicted molar refractivity (Wildman–Crippen MR) is 96.8 cm³/mol. The van der Waals surface area contributed by atoms with Crippen LogP contribution in [-0.4, -0.2) is 48.6 Å². The molecule has 3 aromatic rings. The van der Waals surface area contributed by atoms with Crippen molar-refractivity contribution in [3.05, 3.63) is 65.8 Å². The molecule has 1 aliphatic heterocycles. The Morgan fingerprint density at radius 3 is 2.92 bits per heavy atom. The van der Waals surface area contributed by atoms with E-state index in [0.29, 0.717) is 12.2 Å². The minimum atomic E-state index is -0.00806. The summed E-state index contributed by atoms with van der Waals surface area (Å²) >= 11 is 0. The van der Waals surface area contributed by atoms with E-state index in [1.807, 2.05) is 36.4 Å². The highest BCUT2D eigenvalue weighted by Crippen LogP contribution is 2.27. The number of likely N-dealkylation sites (tertiary alicyclic amines) is 1. The molecule has 1 saturated heterocycles. The van der Waals surface area contributed by atoms with Crippen LogP contribution in [0.4, 0.5) is 0 Å². The molecule has 4 rings (SSSR count). The van der Waals surface area contributed by atoms with Crippen molar-refractivity contribution in [1.82, 2.24) is 29.6 Å². The third-order valence-electron chi connectivity index (χ3n) is 4.85. The van der Waals surface area contributed by atoms with E-state index in [1.165, 1.54) is 5.56 Å². The Kier molecular flexibility index (Phi) is 4.51. The molecular formula is C19H22N6O. The molecule has 0 aliphatic carbocycles. The first kappa shape index (κ1) is 16.5. The summed E-state index contributed by atoms with van der Waals surface area (Å²) in [6, 6.07) is 5.83. The molecule has 0 saturated carbocycles. The summed E-state index contributed by atoms with van der Waals surface area (Å²) in [4.78, 5) is 23.3. The molecule has 0 spiro atoms. The molecule has 7 heteroatoms. The first-order valence-corrected chi connectivity index (χ1v) is 8.92. The van der Waals surface area contributed by atoms with Crippen LogP contribution in [-0.2, 0) is 6.54 Å². The number of H-pyrrole nitrogens is 1. The van der Waals surface area contributed by atoms with Gasteiger partial charge < -0.3 is 9.47 Å². The second-order valence-electron chi connectivity index (χ2n) is 6.80. The number of nitrogens with zero attached hydrogens (tertiary/aromatic N) is 5. The highest BCUT2D eigenvalue weighted by Gasteiger charge is 2.28. The largest absolute Gasteiger partial charge is 0.337 e. The van der Waals surface area contributed by atoms with E-state index < -0.39 is 0 Å². The van der Waals surface area contributed by atoms with Gasteiger partial charge in [-0.1, -0.05) is 0 Å². The van der Waals surface area contributed by atoms with Crippen molar-refractivity contribution in [1.29, 1.82) is 0 Å². The second-order valence-corrected chi connectivity index (χ2v) is 6.80. The molecule has 1 unspecified atom stereocenters. The zero-order valence-corrected chi connectivity index (χ0v) is 14.8. The monoisotopic (exact) mass is 350 g/mol. The number of carbonyl (C=O) groups excluding carboxylic acids is 1. The SMILES string of the molecule is Cc1cc(C(=O)N2CCCC(c3nccn3Cc3ccncc3)C2)n[nH]1. The molecule has 1 amide bonds. The summed E-state index contributed by atoms with van der Waals surface area (Å²) < 4.78 is 2.17. The average Bonchev–Trinajstić information content (AvgIpc) is 3.31. The number of nitrogens with one attached hydrogen (secondary N) is 1. The predicted octanol–water partition coefficient (Wildman–Crippen LogP) is 2.38. The number of piperidine rings is 1. The van der Waals surface area contributed by atoms with Gasteiger partial charge in [-0.2, -0.15) is 5.10 Å². The maximum absolute atomic E-state index is 12.7. The van der Waals surface area contributed by atoms with Crippen molar-refractivity contribution in [3.8, 4) is 0 Å². The van der Waals surface area contributed by atoms with Gasteiger partial charge in [-0.25, -0.2) is 4.98 Å². The quantitative estimate of drug-likeness (QED) is 0.783. The van der Waals surface area contributed by atoms with Crippen LogP contribution in [0.1, 0.15) is 46.3 Å². The smallest absolute Gasteiger partial charge is 0.274 e. The maximum atomic E-state index is 12.7. The number of hydrogen-bond acceptors (Lipinski definition) is 4. The summed E-state index contributed by atoms with van der Waals surface area (Å²) in [7, 11) is 0. The highest BCUT2D eigenvalue weighted by atomic mass is 16.2. The fourth-order valence-corrected chi connectivity index (χ4v) is 3.56. The fourth-order valence-electron chi connectivity index (χ4n) is 3.56. The number of rotatable bonds is 4. The van der Waals surface area contributed by atoms with Gasteiger partial charge in [0.15, 0.2) is 0 Å². The Balaban J connectivity index is 1.50. The molecule has 3 aromatic heterocycles. The second kappa shape index (κ2) is 7.11. The lowest BCUT2D eigenvalue weighted by atomic mass is 9.96. The maximum Gasteiger partial charge on any atom is 0.274 e. The Morgan fingerprint density at radius 1 is 1.31 bits per heavy atom. The number of carbonyl (C=O) groups is 1. The van der Waals surface area contributed by atoms with Crippen LogP contribution < -0.4 is 0 Å². The minimum Gasteiger partial charge on any atom is -0.337 e. The van der Waals surface area contributed by atoms with Crippen LogP contribution in [0.3, 0.4) is 0 Å². The average molecular weight is 350 g/mol. The molecule has 26 heavy (non-hydrogen) atoms. The summed E-state index contributed by atoms with van der Waals surface area (Å²) in [5.41, 5.74) is 2.58. The first-order chi connectivity index (χ1) is 12.7. The molecule has 0 bridgehead atoms. The normalized spacial score (nSPS) is 17.4. The number of hydrogen-bond donors (Lipinski definition) is 1. The van der Waals surface area contributed by atoms with Crippen molar-refractivity contribution in [2.24, 2.45) is 0 Å². The van der Waals surface area contributed by atoms with E-state index >= 15 is 0 Å². The molecule has 0 radical (unpaired) electrons. The highest BCUT2D eigenvalue weighted by molar-refractivity contribution is 5.92. The van der Waals surface area contributed by atoms with Crippen LogP contribution in [0, 0.1) is 6.92 Å². The van der Waals surface area contributed by atoms with Crippen molar-refractivity contribution in [3.63, 3.8) is 0 Å². The van der Waals surface area contributed by atoms with Gasteiger partial charge in [-0.15, -0.1) is 0 Å². The Morgan fingerprint density at radius 2 is 2.15 bits per heavy atom. The van der Waals surface area contributed by atoms with Gasteiger partial charge >= 0.3 is 0 Å². The summed E-state index contributed by atoms with van der Waals surface area (Å²) in [5.74, 6) is 1.27. The van der Waals surface area contributed by atoms with Crippen molar-refractivity contribution in [2.75, 3.05) is 13.1 Å². The van der Waals surface area contributed by atoms with Crippen LogP contribution in [0.25, 0.3) is 0 Å². The van der Waals surface area contributed by atoms with Gasteiger partial charge in [-0.3, -0.25) is 14.9 Å². The lowest BCUT2D eigenvalue weighted by molar-refractivity contribution is 0.0697. The van der Waals surface area contributed by atoms with Crippen molar-refractivity contribution >= 4 is 5.91 Å². The third-order valence-corrected chi connectivity index (χ3v) is 4.85. The summed E-state index contributed by atoms with van der Waals surface area (Å²) in [6.45, 7) is 4.12. The molecule has 134 valence electrons. The van der Waals surface area contributed by atoms with Gasteiger partial charge in [0.1, 0.15) is 11.5 Å². The molecular weight excluding hydrogens is 328 g/mol. The Hall–Kier alpha value is -2.96. The van der Waals surface area contributed by atoms with Crippen LogP contribution in [0.5, 0.6) is 0 Å². The van der Waals surface area contributed by atoms with Gasteiger partial charge in [0.05, 0.1) is 0 Å². The topological polar surface area (TPSA) is 79.7 Å². The van der Waals surface area contributed by atoms with Crippen LogP contribution in [0.15, 0.2) is 43.0 Å². The number of pyridine rings is 1. The Labute approximate surface area is 152 Å². The molecule has 1 aliphatic rings. The van der Waals surface area contributed by atoms with Gasteiger partial charge in [0.25, 0.3) is 5.91 Å². The van der Waals surface area contributed by atoms with E-state index in [2.05, 4.69) is 24.7 Å². The number of imidazole rings is 1. The summed E-state index contributed by atoms with van der Waals surface area (Å²) in [6.07, 6.45) is 9.47. The zero-order valence-electron chi connectivity index (χ0n) is 14.8. The number of aryl methyl sites for hydroxylation is 1. The molecule has 1 N–H and O–H groups in total. The van der Waals surface area contributed by atoms with E-state index in [4.69, 9.17) is 0 Å². The van der Waals surface area contributed by atoms with Crippen LogP contribution >= 0.6 is 0 Å². The number of amides is 1. The Bertz CT molecular complexity index is 884. The third kappa shape index (κ3) is 3.37. The van der Waals surface area contributed by atoms with E-state index in [0.717, 1.165) is 37.4 Å². The van der Waals surface area contributed by atoms with Crippen molar-refractivity contribution in [2.45, 2.75) is 32.2 Å². The van der Waals surface area contributed by atoms with E-state index in [-0.39, 0.29) is 11.8 Å². The lowest BCUT2D eigenvalue weighted by Crippen LogP contribution is -2.40. The fraction of sp³-hybridized carbons (Fsp3) is 0.368. The molecule has 4 heterocycles. The minimum absolute atomic E-state index is 0.00806. The molecule has 1 fully saturated rings. The van der Waals surface area contributed by atoms with Gasteiger partial charge in [0, 0.05) is 56.0 Å². The molecule has 7 nitrogen and oxygen atoms in total. The lowest BCUT2D eigenvalue weighted by Gasteiger charge is -2.32. The molecule has 0 aromatic carbocycles. The summed E-state index contributed by atoms with van der Waals surface area (Å²) in [5, 5.41) is 6.95. The van der Waals surface area contributed by atoms with Gasteiger partial charge in [0.2, 0.25) is 0 Å². The first-order valence-electron chi connectivity index (χ1n) is 8.92. The standard InChI is InChI=1S/C19H22N6O/c1-14-11-17(23-22-14)19(26)25-9-2-3-16(13-25)18-21-8-10-24(18)12-15-4-6-20-7-5-15/h4-8,10-11,16H,2-3,9,12-13H2,1H3,(H,22,23).